The number of carbonyl (C=O) groups excluding carboxylic acids is 1. The van der Waals surface area contributed by atoms with Crippen molar-refractivity contribution in [3.63, 3.8) is 0 Å². The van der Waals surface area contributed by atoms with E-state index in [1.165, 1.54) is 36.0 Å². The highest BCUT2D eigenvalue weighted by atomic mass is 32.1. The SMILES string of the molecule is Cn1nc(C(=O)N2CCN(Cc3csc(-c4ccc(F)cc4)n3)CC2)ccc1=O. The third-order valence-corrected chi connectivity index (χ3v) is 5.81. The van der Waals surface area contributed by atoms with E-state index in [2.05, 4.69) is 15.0 Å². The second-order valence-corrected chi connectivity index (χ2v) is 7.76. The van der Waals surface area contributed by atoms with Crippen LogP contribution in [0.5, 0.6) is 0 Å². The number of nitrogens with zero attached hydrogens (tertiary/aromatic N) is 5. The Hall–Kier alpha value is -2.91. The third-order valence-electron chi connectivity index (χ3n) is 4.87. The highest BCUT2D eigenvalue weighted by Crippen LogP contribution is 2.24. The van der Waals surface area contributed by atoms with Gasteiger partial charge in [0.2, 0.25) is 0 Å². The molecule has 0 saturated carbocycles. The Morgan fingerprint density at radius 2 is 1.83 bits per heavy atom. The summed E-state index contributed by atoms with van der Waals surface area (Å²) in [6.45, 7) is 3.37. The number of hydrogen-bond donors (Lipinski definition) is 0. The summed E-state index contributed by atoms with van der Waals surface area (Å²) in [5.41, 5.74) is 1.91. The summed E-state index contributed by atoms with van der Waals surface area (Å²) in [7, 11) is 1.53. The van der Waals surface area contributed by atoms with Gasteiger partial charge in [-0.3, -0.25) is 14.5 Å². The van der Waals surface area contributed by atoms with Gasteiger partial charge < -0.3 is 4.90 Å². The molecular weight excluding hydrogens is 393 g/mol. The van der Waals surface area contributed by atoms with Gasteiger partial charge in [0.15, 0.2) is 0 Å². The zero-order chi connectivity index (χ0) is 20.4. The molecule has 0 radical (unpaired) electrons. The molecule has 1 fully saturated rings. The molecule has 4 rings (SSSR count). The van der Waals surface area contributed by atoms with Crippen molar-refractivity contribution >= 4 is 17.2 Å². The van der Waals surface area contributed by atoms with Crippen LogP contribution in [0.4, 0.5) is 4.39 Å². The summed E-state index contributed by atoms with van der Waals surface area (Å²) in [6, 6.07) is 9.17. The van der Waals surface area contributed by atoms with Crippen LogP contribution in [0.25, 0.3) is 10.6 Å². The second-order valence-electron chi connectivity index (χ2n) is 6.90. The fraction of sp³-hybridized carbons (Fsp3) is 0.300. The van der Waals surface area contributed by atoms with E-state index in [0.29, 0.717) is 19.6 Å². The lowest BCUT2D eigenvalue weighted by molar-refractivity contribution is 0.0619. The Labute approximate surface area is 171 Å². The van der Waals surface area contributed by atoms with Gasteiger partial charge in [-0.25, -0.2) is 14.1 Å². The molecule has 0 bridgehead atoms. The second kappa shape index (κ2) is 8.22. The Bertz CT molecular complexity index is 1070. The number of hydrogen-bond acceptors (Lipinski definition) is 6. The predicted molar refractivity (Wildman–Crippen MR) is 108 cm³/mol. The summed E-state index contributed by atoms with van der Waals surface area (Å²) in [6.07, 6.45) is 0. The van der Waals surface area contributed by atoms with Crippen molar-refractivity contribution in [1.82, 2.24) is 24.6 Å². The summed E-state index contributed by atoms with van der Waals surface area (Å²) in [5, 5.41) is 6.93. The molecule has 0 spiro atoms. The lowest BCUT2D eigenvalue weighted by Gasteiger charge is -2.34. The van der Waals surface area contributed by atoms with Gasteiger partial charge in [0.25, 0.3) is 11.5 Å². The summed E-state index contributed by atoms with van der Waals surface area (Å²) in [4.78, 5) is 32.7. The first-order valence-electron chi connectivity index (χ1n) is 9.26. The highest BCUT2D eigenvalue weighted by Gasteiger charge is 2.24. The minimum absolute atomic E-state index is 0.160. The number of thiazole rings is 1. The van der Waals surface area contributed by atoms with Crippen molar-refractivity contribution in [2.45, 2.75) is 6.54 Å². The number of aryl methyl sites for hydroxylation is 1. The first-order valence-corrected chi connectivity index (χ1v) is 10.1. The summed E-state index contributed by atoms with van der Waals surface area (Å²) >= 11 is 1.54. The van der Waals surface area contributed by atoms with Gasteiger partial charge in [0, 0.05) is 56.8 Å². The van der Waals surface area contributed by atoms with Gasteiger partial charge >= 0.3 is 0 Å². The zero-order valence-electron chi connectivity index (χ0n) is 15.9. The smallest absolute Gasteiger partial charge is 0.274 e. The van der Waals surface area contributed by atoms with Crippen molar-refractivity contribution in [2.75, 3.05) is 26.2 Å². The van der Waals surface area contributed by atoms with Crippen LogP contribution in [-0.2, 0) is 13.6 Å². The molecule has 1 amide bonds. The van der Waals surface area contributed by atoms with Crippen LogP contribution in [0.15, 0.2) is 46.6 Å². The number of aromatic nitrogens is 3. The van der Waals surface area contributed by atoms with Crippen molar-refractivity contribution in [3.8, 4) is 10.6 Å². The largest absolute Gasteiger partial charge is 0.335 e. The predicted octanol–water partition coefficient (Wildman–Crippen LogP) is 2.00. The first kappa shape index (κ1) is 19.4. The molecule has 150 valence electrons. The van der Waals surface area contributed by atoms with Crippen molar-refractivity contribution in [2.24, 2.45) is 7.05 Å². The number of carbonyl (C=O) groups is 1. The molecule has 2 aromatic heterocycles. The minimum Gasteiger partial charge on any atom is -0.335 e. The summed E-state index contributed by atoms with van der Waals surface area (Å²) in [5.74, 6) is -0.418. The molecule has 3 heterocycles. The van der Waals surface area contributed by atoms with Gasteiger partial charge in [0.05, 0.1) is 5.69 Å². The first-order chi connectivity index (χ1) is 14.0. The van der Waals surface area contributed by atoms with E-state index in [0.717, 1.165) is 29.4 Å². The molecule has 1 saturated heterocycles. The zero-order valence-corrected chi connectivity index (χ0v) is 16.7. The Morgan fingerprint density at radius 1 is 1.10 bits per heavy atom. The van der Waals surface area contributed by atoms with Gasteiger partial charge in [0.1, 0.15) is 16.5 Å². The van der Waals surface area contributed by atoms with Crippen LogP contribution in [0, 0.1) is 5.82 Å². The van der Waals surface area contributed by atoms with Crippen molar-refractivity contribution < 1.29 is 9.18 Å². The molecular formula is C20H20FN5O2S. The van der Waals surface area contributed by atoms with Gasteiger partial charge in [-0.2, -0.15) is 5.10 Å². The fourth-order valence-corrected chi connectivity index (χ4v) is 4.04. The van der Waals surface area contributed by atoms with Crippen LogP contribution in [0.3, 0.4) is 0 Å². The molecule has 29 heavy (non-hydrogen) atoms. The van der Waals surface area contributed by atoms with Gasteiger partial charge in [-0.1, -0.05) is 0 Å². The number of halogens is 1. The molecule has 1 aromatic carbocycles. The molecule has 7 nitrogen and oxygen atoms in total. The molecule has 3 aromatic rings. The molecule has 0 N–H and O–H groups in total. The molecule has 9 heteroatoms. The van der Waals surface area contributed by atoms with Crippen LogP contribution in [-0.4, -0.2) is 56.7 Å². The lowest BCUT2D eigenvalue weighted by Crippen LogP contribution is -2.48. The van der Waals surface area contributed by atoms with E-state index in [-0.39, 0.29) is 23.0 Å². The molecule has 1 aliphatic rings. The maximum atomic E-state index is 13.1. The van der Waals surface area contributed by atoms with Gasteiger partial charge in [-0.05, 0) is 30.3 Å². The van der Waals surface area contributed by atoms with Crippen LogP contribution in [0.2, 0.25) is 0 Å². The fourth-order valence-electron chi connectivity index (χ4n) is 3.22. The number of piperazine rings is 1. The van der Waals surface area contributed by atoms with Crippen LogP contribution >= 0.6 is 11.3 Å². The minimum atomic E-state index is -0.258. The van der Waals surface area contributed by atoms with E-state index in [1.807, 2.05) is 5.38 Å². The lowest BCUT2D eigenvalue weighted by atomic mass is 10.2. The summed E-state index contributed by atoms with van der Waals surface area (Å²) < 4.78 is 14.3. The van der Waals surface area contributed by atoms with E-state index in [4.69, 9.17) is 0 Å². The van der Waals surface area contributed by atoms with Crippen LogP contribution in [0.1, 0.15) is 16.2 Å². The topological polar surface area (TPSA) is 71.3 Å². The Balaban J connectivity index is 1.34. The van der Waals surface area contributed by atoms with Crippen molar-refractivity contribution in [3.05, 3.63) is 69.3 Å². The Kier molecular flexibility index (Phi) is 5.50. The maximum absolute atomic E-state index is 13.1. The molecule has 1 aliphatic heterocycles. The number of rotatable bonds is 4. The van der Waals surface area contributed by atoms with Crippen LogP contribution < -0.4 is 5.56 Å². The van der Waals surface area contributed by atoms with E-state index >= 15 is 0 Å². The normalized spacial score (nSPS) is 14.9. The van der Waals surface area contributed by atoms with E-state index in [9.17, 15) is 14.0 Å². The van der Waals surface area contributed by atoms with Crippen molar-refractivity contribution in [1.29, 1.82) is 0 Å². The highest BCUT2D eigenvalue weighted by molar-refractivity contribution is 7.13. The number of benzene rings is 1. The molecule has 0 atom stereocenters. The average Bonchev–Trinajstić information content (AvgIpc) is 3.19. The molecule has 0 unspecified atom stereocenters. The van der Waals surface area contributed by atoms with E-state index < -0.39 is 0 Å². The molecule has 0 aliphatic carbocycles. The van der Waals surface area contributed by atoms with Gasteiger partial charge in [-0.15, -0.1) is 11.3 Å². The third kappa shape index (κ3) is 4.41. The Morgan fingerprint density at radius 3 is 2.52 bits per heavy atom. The standard InChI is InChI=1S/C20H20FN5O2S/c1-24-18(27)7-6-17(23-24)20(28)26-10-8-25(9-11-26)12-16-13-29-19(22-16)14-2-4-15(21)5-3-14/h2-7,13H,8-12H2,1H3. The average molecular weight is 413 g/mol. The number of amides is 1. The monoisotopic (exact) mass is 413 g/mol. The van der Waals surface area contributed by atoms with E-state index in [1.54, 1.807) is 28.4 Å². The quantitative estimate of drug-likeness (QED) is 0.654. The maximum Gasteiger partial charge on any atom is 0.274 e.